The fourth-order valence-electron chi connectivity index (χ4n) is 3.16. The predicted octanol–water partition coefficient (Wildman–Crippen LogP) is 1.63. The third kappa shape index (κ3) is 1.96. The van der Waals surface area contributed by atoms with Crippen molar-refractivity contribution >= 4 is 12.2 Å². The molecule has 1 aliphatic heterocycles. The van der Waals surface area contributed by atoms with Crippen LogP contribution in [0, 0.1) is 4.77 Å². The van der Waals surface area contributed by atoms with E-state index >= 15 is 0 Å². The molecule has 1 aliphatic carbocycles. The Hall–Kier alpha value is -0.650. The van der Waals surface area contributed by atoms with Gasteiger partial charge in [-0.1, -0.05) is 12.8 Å². The van der Waals surface area contributed by atoms with Crippen LogP contribution in [0.15, 0.2) is 0 Å². The molecule has 1 aromatic rings. The molecular weight excluding hydrogens is 232 g/mol. The summed E-state index contributed by atoms with van der Waals surface area (Å²) in [6.07, 6.45) is 5.87. The van der Waals surface area contributed by atoms with E-state index in [4.69, 9.17) is 18.0 Å². The molecule has 0 radical (unpaired) electrons. The highest BCUT2D eigenvalue weighted by Crippen LogP contribution is 2.30. The van der Waals surface area contributed by atoms with Crippen LogP contribution in [0.3, 0.4) is 0 Å². The Balaban J connectivity index is 2.01. The Morgan fingerprint density at radius 1 is 1.29 bits per heavy atom. The van der Waals surface area contributed by atoms with E-state index in [1.807, 2.05) is 0 Å². The number of rotatable bonds is 1. The molecule has 0 aromatic carbocycles. The van der Waals surface area contributed by atoms with Crippen molar-refractivity contribution in [3.8, 4) is 0 Å². The minimum atomic E-state index is 0.261. The fourth-order valence-corrected chi connectivity index (χ4v) is 3.53. The molecule has 0 amide bonds. The maximum atomic E-state index is 6.27. The van der Waals surface area contributed by atoms with Crippen LogP contribution in [0.2, 0.25) is 0 Å². The Morgan fingerprint density at radius 2 is 2.12 bits per heavy atom. The first-order valence-electron chi connectivity index (χ1n) is 6.56. The van der Waals surface area contributed by atoms with Gasteiger partial charge in [-0.3, -0.25) is 0 Å². The number of fused-ring (bicyclic) bond motifs is 1. The minimum absolute atomic E-state index is 0.261. The molecule has 4 N–H and O–H groups in total. The van der Waals surface area contributed by atoms with Crippen molar-refractivity contribution in [1.29, 1.82) is 0 Å². The van der Waals surface area contributed by atoms with Crippen molar-refractivity contribution in [1.82, 2.24) is 14.9 Å². The van der Waals surface area contributed by atoms with E-state index in [0.29, 0.717) is 6.04 Å². The lowest BCUT2D eigenvalue weighted by molar-refractivity contribution is 0.296. The third-order valence-electron chi connectivity index (χ3n) is 4.07. The molecule has 3 rings (SSSR count). The average Bonchev–Trinajstić information content (AvgIpc) is 2.66. The van der Waals surface area contributed by atoms with Gasteiger partial charge in [-0.2, -0.15) is 0 Å². The number of nitrogens with two attached hydrogens (primary N) is 1. The van der Waals surface area contributed by atoms with Crippen LogP contribution in [-0.2, 0) is 13.0 Å². The van der Waals surface area contributed by atoms with Gasteiger partial charge in [-0.05, 0) is 25.1 Å². The van der Waals surface area contributed by atoms with Gasteiger partial charge in [0.2, 0.25) is 0 Å². The lowest BCUT2D eigenvalue weighted by Gasteiger charge is -2.31. The van der Waals surface area contributed by atoms with Crippen LogP contribution in [0.5, 0.6) is 0 Å². The Labute approximate surface area is 107 Å². The number of aromatic amines is 1. The second-order valence-corrected chi connectivity index (χ2v) is 5.55. The van der Waals surface area contributed by atoms with Crippen molar-refractivity contribution in [2.75, 3.05) is 6.54 Å². The highest BCUT2D eigenvalue weighted by atomic mass is 32.1. The predicted molar refractivity (Wildman–Crippen MR) is 70.5 cm³/mol. The summed E-state index contributed by atoms with van der Waals surface area (Å²) in [6.45, 7) is 1.96. The van der Waals surface area contributed by atoms with Crippen molar-refractivity contribution in [2.45, 2.75) is 50.7 Å². The standard InChI is InChI=1S/C12H20N4S/c13-8-3-1-2-4-10(8)16-11-7-14-6-5-9(11)15-12(16)17/h8,10,14H,1-7,13H2,(H,15,17). The van der Waals surface area contributed by atoms with Crippen LogP contribution < -0.4 is 11.1 Å². The highest BCUT2D eigenvalue weighted by molar-refractivity contribution is 7.71. The number of hydrogen-bond donors (Lipinski definition) is 3. The van der Waals surface area contributed by atoms with Gasteiger partial charge in [0, 0.05) is 31.2 Å². The zero-order chi connectivity index (χ0) is 11.8. The fraction of sp³-hybridized carbons (Fsp3) is 0.750. The van der Waals surface area contributed by atoms with E-state index < -0.39 is 0 Å². The molecule has 1 aromatic heterocycles. The summed E-state index contributed by atoms with van der Waals surface area (Å²) >= 11 is 5.48. The van der Waals surface area contributed by atoms with E-state index in [9.17, 15) is 0 Å². The van der Waals surface area contributed by atoms with Crippen molar-refractivity contribution in [2.24, 2.45) is 5.73 Å². The molecule has 0 bridgehead atoms. The van der Waals surface area contributed by atoms with Gasteiger partial charge in [0.1, 0.15) is 0 Å². The van der Waals surface area contributed by atoms with Gasteiger partial charge in [0.25, 0.3) is 0 Å². The van der Waals surface area contributed by atoms with Crippen LogP contribution in [0.25, 0.3) is 0 Å². The van der Waals surface area contributed by atoms with E-state index in [1.54, 1.807) is 0 Å². The van der Waals surface area contributed by atoms with Crippen molar-refractivity contribution in [3.63, 3.8) is 0 Å². The summed E-state index contributed by atoms with van der Waals surface area (Å²) < 4.78 is 3.15. The lowest BCUT2D eigenvalue weighted by Crippen LogP contribution is -2.37. The smallest absolute Gasteiger partial charge is 0.177 e. The maximum absolute atomic E-state index is 6.27. The summed E-state index contributed by atoms with van der Waals surface area (Å²) in [6, 6.07) is 0.661. The molecule has 1 fully saturated rings. The normalized spacial score (nSPS) is 29.0. The number of nitrogens with zero attached hydrogens (tertiary/aromatic N) is 1. The molecule has 4 nitrogen and oxygen atoms in total. The number of H-pyrrole nitrogens is 1. The second-order valence-electron chi connectivity index (χ2n) is 5.17. The summed E-state index contributed by atoms with van der Waals surface area (Å²) in [7, 11) is 0. The zero-order valence-corrected chi connectivity index (χ0v) is 10.9. The van der Waals surface area contributed by atoms with Gasteiger partial charge in [-0.25, -0.2) is 0 Å². The summed E-state index contributed by atoms with van der Waals surface area (Å²) in [5.74, 6) is 0. The molecule has 17 heavy (non-hydrogen) atoms. The first-order valence-corrected chi connectivity index (χ1v) is 6.97. The lowest BCUT2D eigenvalue weighted by atomic mass is 9.90. The molecule has 2 aliphatic rings. The van der Waals surface area contributed by atoms with E-state index in [-0.39, 0.29) is 6.04 Å². The van der Waals surface area contributed by atoms with Crippen molar-refractivity contribution in [3.05, 3.63) is 16.2 Å². The summed E-state index contributed by atoms with van der Waals surface area (Å²) in [4.78, 5) is 3.37. The number of hydrogen-bond acceptors (Lipinski definition) is 3. The van der Waals surface area contributed by atoms with Crippen LogP contribution >= 0.6 is 12.2 Å². The average molecular weight is 252 g/mol. The number of nitrogens with one attached hydrogen (secondary N) is 2. The minimum Gasteiger partial charge on any atom is -0.334 e. The molecule has 5 heteroatoms. The molecule has 2 atom stereocenters. The largest absolute Gasteiger partial charge is 0.334 e. The van der Waals surface area contributed by atoms with Gasteiger partial charge in [0.15, 0.2) is 4.77 Å². The van der Waals surface area contributed by atoms with E-state index in [2.05, 4.69) is 14.9 Å². The number of imidazole rings is 1. The third-order valence-corrected chi connectivity index (χ3v) is 4.37. The maximum Gasteiger partial charge on any atom is 0.177 e. The quantitative estimate of drug-likeness (QED) is 0.666. The molecule has 0 saturated heterocycles. The van der Waals surface area contributed by atoms with Crippen LogP contribution in [0.4, 0.5) is 0 Å². The summed E-state index contributed by atoms with van der Waals surface area (Å²) in [5.41, 5.74) is 8.92. The topological polar surface area (TPSA) is 58.8 Å². The van der Waals surface area contributed by atoms with Crippen LogP contribution in [-0.4, -0.2) is 22.1 Å². The second kappa shape index (κ2) is 4.55. The van der Waals surface area contributed by atoms with E-state index in [1.165, 1.54) is 30.7 Å². The van der Waals surface area contributed by atoms with Gasteiger partial charge < -0.3 is 20.6 Å². The molecule has 1 saturated carbocycles. The number of aromatic nitrogens is 2. The van der Waals surface area contributed by atoms with Gasteiger partial charge in [0.05, 0.1) is 11.7 Å². The monoisotopic (exact) mass is 252 g/mol. The summed E-state index contributed by atoms with van der Waals surface area (Å²) in [5, 5.41) is 3.42. The molecule has 0 spiro atoms. The van der Waals surface area contributed by atoms with Crippen LogP contribution in [0.1, 0.15) is 43.1 Å². The molecular formula is C12H20N4S. The SMILES string of the molecule is NC1CCCCC1n1c2c([nH]c1=S)CCNC2. The van der Waals surface area contributed by atoms with Gasteiger partial charge >= 0.3 is 0 Å². The Kier molecular flexibility index (Phi) is 3.06. The molecule has 2 unspecified atom stereocenters. The molecule has 94 valence electrons. The highest BCUT2D eigenvalue weighted by Gasteiger charge is 2.27. The zero-order valence-electron chi connectivity index (χ0n) is 10.0. The Morgan fingerprint density at radius 3 is 2.94 bits per heavy atom. The van der Waals surface area contributed by atoms with Gasteiger partial charge in [-0.15, -0.1) is 0 Å². The van der Waals surface area contributed by atoms with Crippen molar-refractivity contribution < 1.29 is 0 Å². The Bertz CT molecular complexity index is 462. The molecule has 2 heterocycles. The first-order chi connectivity index (χ1) is 8.27. The first kappa shape index (κ1) is 11.4. The van der Waals surface area contributed by atoms with E-state index in [0.717, 1.165) is 30.7 Å².